The molecule has 0 aliphatic heterocycles. The molecule has 0 radical (unpaired) electrons. The Morgan fingerprint density at radius 2 is 2.05 bits per heavy atom. The number of carbonyl (C=O) groups excluding carboxylic acids is 1. The first-order chi connectivity index (χ1) is 8.97. The van der Waals surface area contributed by atoms with Crippen molar-refractivity contribution in [3.05, 3.63) is 29.3 Å². The van der Waals surface area contributed by atoms with E-state index < -0.39 is 0 Å². The molecule has 1 aromatic carbocycles. The molecular formula is C16H25NO2. The number of methoxy groups -OCH3 is 1. The molecule has 0 unspecified atom stereocenters. The Balaban J connectivity index is 2.95. The zero-order chi connectivity index (χ0) is 14.4. The lowest BCUT2D eigenvalue weighted by Crippen LogP contribution is -2.27. The van der Waals surface area contributed by atoms with E-state index in [4.69, 9.17) is 4.74 Å². The molecule has 1 aromatic rings. The number of hydrogen-bond acceptors (Lipinski definition) is 3. The Labute approximate surface area is 116 Å². The molecule has 0 heterocycles. The summed E-state index contributed by atoms with van der Waals surface area (Å²) in [5, 5.41) is 0. The third-order valence-corrected chi connectivity index (χ3v) is 3.15. The Morgan fingerprint density at radius 3 is 2.53 bits per heavy atom. The average molecular weight is 263 g/mol. The number of hydrogen-bond donors (Lipinski definition) is 0. The van der Waals surface area contributed by atoms with Crippen LogP contribution in [-0.4, -0.2) is 30.9 Å². The molecular weight excluding hydrogens is 238 g/mol. The van der Waals surface area contributed by atoms with E-state index in [1.54, 1.807) is 14.0 Å². The number of Topliss-reactive ketones (excluding diaryl/α,β-unsaturated/α-hetero) is 1. The SMILES string of the molecule is CCN(Cc1cc(C(C)=O)ccc1OC)CC(C)C. The molecule has 0 amide bonds. The summed E-state index contributed by atoms with van der Waals surface area (Å²) >= 11 is 0. The second-order valence-electron chi connectivity index (χ2n) is 5.30. The second kappa shape index (κ2) is 7.29. The Bertz CT molecular complexity index is 427. The van der Waals surface area contributed by atoms with Crippen molar-refractivity contribution in [3.8, 4) is 5.75 Å². The Hall–Kier alpha value is -1.35. The first-order valence-corrected chi connectivity index (χ1v) is 6.88. The first-order valence-electron chi connectivity index (χ1n) is 6.88. The van der Waals surface area contributed by atoms with Crippen molar-refractivity contribution in [1.82, 2.24) is 4.90 Å². The summed E-state index contributed by atoms with van der Waals surface area (Å²) in [6.45, 7) is 11.0. The Kier molecular flexibility index (Phi) is 6.03. The van der Waals surface area contributed by atoms with Crippen LogP contribution < -0.4 is 4.74 Å². The molecule has 1 rings (SSSR count). The molecule has 0 fully saturated rings. The number of carbonyl (C=O) groups is 1. The van der Waals surface area contributed by atoms with Crippen LogP contribution in [0.25, 0.3) is 0 Å². The molecule has 0 atom stereocenters. The van der Waals surface area contributed by atoms with E-state index >= 15 is 0 Å². The van der Waals surface area contributed by atoms with Gasteiger partial charge in [-0.1, -0.05) is 20.8 Å². The van der Waals surface area contributed by atoms with Crippen molar-refractivity contribution >= 4 is 5.78 Å². The van der Waals surface area contributed by atoms with Gasteiger partial charge in [0.25, 0.3) is 0 Å². The van der Waals surface area contributed by atoms with Crippen molar-refractivity contribution in [2.24, 2.45) is 5.92 Å². The highest BCUT2D eigenvalue weighted by Crippen LogP contribution is 2.22. The van der Waals surface area contributed by atoms with Crippen molar-refractivity contribution < 1.29 is 9.53 Å². The van der Waals surface area contributed by atoms with Crippen LogP contribution in [-0.2, 0) is 6.54 Å². The van der Waals surface area contributed by atoms with Gasteiger partial charge in [0.2, 0.25) is 0 Å². The molecule has 3 nitrogen and oxygen atoms in total. The number of nitrogens with zero attached hydrogens (tertiary/aromatic N) is 1. The zero-order valence-electron chi connectivity index (χ0n) is 12.7. The summed E-state index contributed by atoms with van der Waals surface area (Å²) < 4.78 is 5.39. The highest BCUT2D eigenvalue weighted by Gasteiger charge is 2.12. The van der Waals surface area contributed by atoms with Crippen LogP contribution in [0.15, 0.2) is 18.2 Å². The molecule has 0 N–H and O–H groups in total. The largest absolute Gasteiger partial charge is 0.496 e. The van der Waals surface area contributed by atoms with Crippen molar-refractivity contribution in [2.45, 2.75) is 34.2 Å². The summed E-state index contributed by atoms with van der Waals surface area (Å²) in [4.78, 5) is 13.8. The van der Waals surface area contributed by atoms with E-state index in [0.717, 1.165) is 36.5 Å². The van der Waals surface area contributed by atoms with Gasteiger partial charge in [0.1, 0.15) is 5.75 Å². The molecule has 106 valence electrons. The van der Waals surface area contributed by atoms with Crippen LogP contribution in [0.4, 0.5) is 0 Å². The smallest absolute Gasteiger partial charge is 0.159 e. The third-order valence-electron chi connectivity index (χ3n) is 3.15. The summed E-state index contributed by atoms with van der Waals surface area (Å²) in [6.07, 6.45) is 0. The second-order valence-corrected chi connectivity index (χ2v) is 5.30. The predicted molar refractivity (Wildman–Crippen MR) is 78.8 cm³/mol. The highest BCUT2D eigenvalue weighted by molar-refractivity contribution is 5.94. The number of ketones is 1. The van der Waals surface area contributed by atoms with Gasteiger partial charge in [0.05, 0.1) is 7.11 Å². The highest BCUT2D eigenvalue weighted by atomic mass is 16.5. The van der Waals surface area contributed by atoms with Crippen LogP contribution >= 0.6 is 0 Å². The zero-order valence-corrected chi connectivity index (χ0v) is 12.7. The van der Waals surface area contributed by atoms with Crippen LogP contribution in [0.1, 0.15) is 43.6 Å². The molecule has 0 bridgehead atoms. The molecule has 0 saturated heterocycles. The molecule has 19 heavy (non-hydrogen) atoms. The monoisotopic (exact) mass is 263 g/mol. The van der Waals surface area contributed by atoms with Crippen molar-refractivity contribution in [1.29, 1.82) is 0 Å². The van der Waals surface area contributed by atoms with Gasteiger partial charge in [-0.3, -0.25) is 9.69 Å². The minimum Gasteiger partial charge on any atom is -0.496 e. The number of rotatable bonds is 7. The Morgan fingerprint density at radius 1 is 1.37 bits per heavy atom. The molecule has 0 aliphatic carbocycles. The van der Waals surface area contributed by atoms with E-state index in [2.05, 4.69) is 25.7 Å². The summed E-state index contributed by atoms with van der Waals surface area (Å²) in [5.74, 6) is 1.57. The van der Waals surface area contributed by atoms with Crippen molar-refractivity contribution in [3.63, 3.8) is 0 Å². The first kappa shape index (κ1) is 15.7. The molecule has 0 aliphatic rings. The number of ether oxygens (including phenoxy) is 1. The van der Waals surface area contributed by atoms with Gasteiger partial charge >= 0.3 is 0 Å². The molecule has 3 heteroatoms. The quantitative estimate of drug-likeness (QED) is 0.706. The van der Waals surface area contributed by atoms with E-state index in [1.165, 1.54) is 0 Å². The normalized spacial score (nSPS) is 11.1. The fourth-order valence-corrected chi connectivity index (χ4v) is 2.18. The molecule has 0 spiro atoms. The lowest BCUT2D eigenvalue weighted by Gasteiger charge is -2.23. The van der Waals surface area contributed by atoms with Gasteiger partial charge in [-0.25, -0.2) is 0 Å². The van der Waals surface area contributed by atoms with Gasteiger partial charge in [-0.15, -0.1) is 0 Å². The fraction of sp³-hybridized carbons (Fsp3) is 0.562. The minimum atomic E-state index is 0.0933. The third kappa shape index (κ3) is 4.67. The average Bonchev–Trinajstić information content (AvgIpc) is 2.37. The number of benzene rings is 1. The van der Waals surface area contributed by atoms with Gasteiger partial charge in [-0.05, 0) is 37.6 Å². The predicted octanol–water partition coefficient (Wildman–Crippen LogP) is 3.38. The van der Waals surface area contributed by atoms with Gasteiger partial charge < -0.3 is 4.74 Å². The lowest BCUT2D eigenvalue weighted by molar-refractivity contribution is 0.101. The van der Waals surface area contributed by atoms with E-state index in [-0.39, 0.29) is 5.78 Å². The maximum Gasteiger partial charge on any atom is 0.159 e. The topological polar surface area (TPSA) is 29.5 Å². The van der Waals surface area contributed by atoms with E-state index in [9.17, 15) is 4.79 Å². The van der Waals surface area contributed by atoms with Crippen LogP contribution in [0, 0.1) is 5.92 Å². The van der Waals surface area contributed by atoms with E-state index in [0.29, 0.717) is 5.92 Å². The van der Waals surface area contributed by atoms with Gasteiger partial charge in [0.15, 0.2) is 5.78 Å². The van der Waals surface area contributed by atoms with Gasteiger partial charge in [0, 0.05) is 24.2 Å². The van der Waals surface area contributed by atoms with Crippen LogP contribution in [0.2, 0.25) is 0 Å². The van der Waals surface area contributed by atoms with E-state index in [1.807, 2.05) is 18.2 Å². The summed E-state index contributed by atoms with van der Waals surface area (Å²) in [7, 11) is 1.67. The standard InChI is InChI=1S/C16H25NO2/c1-6-17(10-12(2)3)11-15-9-14(13(4)18)7-8-16(15)19-5/h7-9,12H,6,10-11H2,1-5H3. The van der Waals surface area contributed by atoms with Crippen molar-refractivity contribution in [2.75, 3.05) is 20.2 Å². The van der Waals surface area contributed by atoms with Gasteiger partial charge in [-0.2, -0.15) is 0 Å². The summed E-state index contributed by atoms with van der Waals surface area (Å²) in [6, 6.07) is 5.66. The molecule has 0 saturated carbocycles. The maximum atomic E-state index is 11.5. The van der Waals surface area contributed by atoms with Crippen LogP contribution in [0.3, 0.4) is 0 Å². The maximum absolute atomic E-state index is 11.5. The van der Waals surface area contributed by atoms with Crippen LogP contribution in [0.5, 0.6) is 5.75 Å². The fourth-order valence-electron chi connectivity index (χ4n) is 2.18. The lowest BCUT2D eigenvalue weighted by atomic mass is 10.1. The summed E-state index contributed by atoms with van der Waals surface area (Å²) in [5.41, 5.74) is 1.83. The molecule has 0 aromatic heterocycles. The minimum absolute atomic E-state index is 0.0933.